The van der Waals surface area contributed by atoms with Crippen molar-refractivity contribution in [3.05, 3.63) is 59.3 Å². The smallest absolute Gasteiger partial charge is 0.234 e. The minimum Gasteiger partial charge on any atom is -0.391 e. The molecule has 3 N–H and O–H groups in total. The van der Waals surface area contributed by atoms with Crippen molar-refractivity contribution in [1.82, 2.24) is 20.5 Å². The normalized spacial score (nSPS) is 20.1. The molecule has 1 aromatic carbocycles. The Kier molecular flexibility index (Phi) is 7.16. The summed E-state index contributed by atoms with van der Waals surface area (Å²) in [5.41, 5.74) is 4.45. The molecule has 1 fully saturated rings. The topological polar surface area (TPSA) is 125 Å². The molecule has 4 atom stereocenters. The summed E-state index contributed by atoms with van der Waals surface area (Å²) in [7, 11) is 0. The lowest BCUT2D eigenvalue weighted by atomic mass is 9.91. The Hall–Kier alpha value is -3.01. The molecular weight excluding hydrogens is 436 g/mol. The molecular formula is C25H32N4O5. The maximum Gasteiger partial charge on any atom is 0.234 e. The summed E-state index contributed by atoms with van der Waals surface area (Å²) in [5.74, 6) is -0.240. The van der Waals surface area contributed by atoms with E-state index in [1.165, 1.54) is 0 Å². The van der Waals surface area contributed by atoms with Crippen molar-refractivity contribution in [2.75, 3.05) is 6.54 Å². The molecule has 3 aromatic rings. The number of aliphatic hydroxyl groups is 2. The third-order valence-electron chi connectivity index (χ3n) is 6.38. The van der Waals surface area contributed by atoms with E-state index in [1.807, 2.05) is 52.0 Å². The summed E-state index contributed by atoms with van der Waals surface area (Å²) in [4.78, 5) is 15.1. The van der Waals surface area contributed by atoms with E-state index in [4.69, 9.17) is 9.05 Å². The number of aliphatic hydroxyl groups excluding tert-OH is 2. The minimum atomic E-state index is -0.995. The van der Waals surface area contributed by atoms with Crippen LogP contribution in [0.3, 0.4) is 0 Å². The number of hydrogen-bond acceptors (Lipinski definition) is 8. The molecule has 2 aromatic heterocycles. The number of rotatable bonds is 8. The number of amides is 1. The Balaban J connectivity index is 1.43. The van der Waals surface area contributed by atoms with Gasteiger partial charge in [0.1, 0.15) is 24.2 Å². The number of carbonyl (C=O) groups is 1. The van der Waals surface area contributed by atoms with E-state index in [-0.39, 0.29) is 18.4 Å². The molecule has 0 bridgehead atoms. The second-order valence-electron chi connectivity index (χ2n) is 9.38. The Morgan fingerprint density at radius 2 is 1.97 bits per heavy atom. The number of carbonyl (C=O) groups excluding carboxylic acids is 1. The number of β-amino-alcohol motifs (C(OH)–C–C–N with tert-alkyl or cyclic N) is 1. The first kappa shape index (κ1) is 24.1. The number of likely N-dealkylation sites (tertiary alicyclic amines) is 1. The molecule has 0 aliphatic carbocycles. The van der Waals surface area contributed by atoms with Gasteiger partial charge >= 0.3 is 0 Å². The summed E-state index contributed by atoms with van der Waals surface area (Å²) in [6, 6.07) is 9.11. The summed E-state index contributed by atoms with van der Waals surface area (Å²) in [6.07, 6.45) is 0.228. The van der Waals surface area contributed by atoms with Crippen molar-refractivity contribution in [3.8, 4) is 11.1 Å². The van der Waals surface area contributed by atoms with Gasteiger partial charge in [0.05, 0.1) is 23.5 Å². The lowest BCUT2D eigenvalue weighted by Gasteiger charge is -2.32. The van der Waals surface area contributed by atoms with Crippen LogP contribution in [-0.4, -0.2) is 56.3 Å². The Morgan fingerprint density at radius 1 is 1.24 bits per heavy atom. The number of nitrogens with one attached hydrogen (secondary N) is 1. The fourth-order valence-corrected chi connectivity index (χ4v) is 4.57. The highest BCUT2D eigenvalue weighted by atomic mass is 16.5. The summed E-state index contributed by atoms with van der Waals surface area (Å²) in [5, 5.41) is 32.2. The van der Waals surface area contributed by atoms with E-state index in [0.29, 0.717) is 24.4 Å². The zero-order chi connectivity index (χ0) is 24.4. The van der Waals surface area contributed by atoms with Crippen LogP contribution in [0.15, 0.2) is 45.6 Å². The van der Waals surface area contributed by atoms with Crippen LogP contribution in [0.4, 0.5) is 0 Å². The van der Waals surface area contributed by atoms with Gasteiger partial charge in [-0.25, -0.2) is 0 Å². The van der Waals surface area contributed by atoms with Crippen LogP contribution < -0.4 is 5.32 Å². The van der Waals surface area contributed by atoms with Gasteiger partial charge in [0, 0.05) is 24.7 Å². The first-order chi connectivity index (χ1) is 16.2. The van der Waals surface area contributed by atoms with Crippen molar-refractivity contribution < 1.29 is 24.1 Å². The summed E-state index contributed by atoms with van der Waals surface area (Å²) in [6.45, 7) is 8.17. The van der Waals surface area contributed by atoms with Gasteiger partial charge in [-0.05, 0) is 37.3 Å². The fraction of sp³-hybridized carbons (Fsp3) is 0.480. The first-order valence-corrected chi connectivity index (χ1v) is 11.6. The highest BCUT2D eigenvalue weighted by Gasteiger charge is 2.42. The quantitative estimate of drug-likeness (QED) is 0.431. The second kappa shape index (κ2) is 10.1. The molecule has 1 aliphatic rings. The highest BCUT2D eigenvalue weighted by Crippen LogP contribution is 2.31. The molecule has 3 heterocycles. The van der Waals surface area contributed by atoms with Crippen LogP contribution in [0.2, 0.25) is 0 Å². The SMILES string of the molecule is Cc1cc(C(C(=O)N2CC(O)CC2C(O)NCc2ccc(-c3conc3C)cc2)C(C)C)on1. The van der Waals surface area contributed by atoms with Crippen molar-refractivity contribution in [1.29, 1.82) is 0 Å². The minimum absolute atomic E-state index is 0.0316. The average molecular weight is 469 g/mol. The molecule has 182 valence electrons. The van der Waals surface area contributed by atoms with Gasteiger partial charge in [0.2, 0.25) is 5.91 Å². The molecule has 0 radical (unpaired) electrons. The molecule has 9 heteroatoms. The van der Waals surface area contributed by atoms with Gasteiger partial charge in [0.15, 0.2) is 0 Å². The number of nitrogens with zero attached hydrogens (tertiary/aromatic N) is 3. The van der Waals surface area contributed by atoms with E-state index >= 15 is 0 Å². The zero-order valence-electron chi connectivity index (χ0n) is 19.9. The molecule has 4 unspecified atom stereocenters. The molecule has 0 spiro atoms. The van der Waals surface area contributed by atoms with E-state index in [0.717, 1.165) is 22.4 Å². The molecule has 1 amide bonds. The number of hydrogen-bond donors (Lipinski definition) is 3. The third kappa shape index (κ3) is 5.06. The van der Waals surface area contributed by atoms with Gasteiger partial charge in [-0.3, -0.25) is 10.1 Å². The van der Waals surface area contributed by atoms with Crippen LogP contribution in [0, 0.1) is 19.8 Å². The lowest BCUT2D eigenvalue weighted by molar-refractivity contribution is -0.138. The molecule has 34 heavy (non-hydrogen) atoms. The molecule has 9 nitrogen and oxygen atoms in total. The summed E-state index contributed by atoms with van der Waals surface area (Å²) >= 11 is 0. The van der Waals surface area contributed by atoms with Crippen molar-refractivity contribution in [2.24, 2.45) is 5.92 Å². The zero-order valence-corrected chi connectivity index (χ0v) is 19.9. The maximum atomic E-state index is 13.5. The van der Waals surface area contributed by atoms with Crippen molar-refractivity contribution in [2.45, 2.75) is 65.0 Å². The molecule has 0 saturated carbocycles. The van der Waals surface area contributed by atoms with E-state index in [2.05, 4.69) is 15.6 Å². The molecule has 4 rings (SSSR count). The Bertz CT molecular complexity index is 1110. The van der Waals surface area contributed by atoms with Gasteiger partial charge in [-0.2, -0.15) is 0 Å². The lowest BCUT2D eigenvalue weighted by Crippen LogP contribution is -2.50. The van der Waals surface area contributed by atoms with Crippen molar-refractivity contribution >= 4 is 5.91 Å². The largest absolute Gasteiger partial charge is 0.391 e. The number of benzene rings is 1. The van der Waals surface area contributed by atoms with Crippen LogP contribution in [-0.2, 0) is 11.3 Å². The fourth-order valence-electron chi connectivity index (χ4n) is 4.57. The van der Waals surface area contributed by atoms with Gasteiger partial charge in [-0.1, -0.05) is 48.4 Å². The summed E-state index contributed by atoms with van der Waals surface area (Å²) < 4.78 is 10.4. The average Bonchev–Trinajstić information content (AvgIpc) is 3.52. The van der Waals surface area contributed by atoms with E-state index in [1.54, 1.807) is 17.2 Å². The van der Waals surface area contributed by atoms with Crippen LogP contribution >= 0.6 is 0 Å². The molecule has 1 aliphatic heterocycles. The predicted molar refractivity (Wildman–Crippen MR) is 124 cm³/mol. The maximum absolute atomic E-state index is 13.5. The van der Waals surface area contributed by atoms with Gasteiger partial charge < -0.3 is 24.2 Å². The number of aryl methyl sites for hydroxylation is 2. The van der Waals surface area contributed by atoms with E-state index in [9.17, 15) is 15.0 Å². The predicted octanol–water partition coefficient (Wildman–Crippen LogP) is 2.76. The van der Waals surface area contributed by atoms with Gasteiger partial charge in [0.25, 0.3) is 0 Å². The first-order valence-electron chi connectivity index (χ1n) is 11.6. The monoisotopic (exact) mass is 468 g/mol. The Labute approximate surface area is 198 Å². The highest BCUT2D eigenvalue weighted by molar-refractivity contribution is 5.84. The van der Waals surface area contributed by atoms with Crippen LogP contribution in [0.1, 0.15) is 48.9 Å². The third-order valence-corrected chi connectivity index (χ3v) is 6.38. The second-order valence-corrected chi connectivity index (χ2v) is 9.38. The van der Waals surface area contributed by atoms with Crippen molar-refractivity contribution in [3.63, 3.8) is 0 Å². The van der Waals surface area contributed by atoms with E-state index < -0.39 is 24.3 Å². The molecule has 1 saturated heterocycles. The van der Waals surface area contributed by atoms with Crippen LogP contribution in [0.5, 0.6) is 0 Å². The van der Waals surface area contributed by atoms with Crippen LogP contribution in [0.25, 0.3) is 11.1 Å². The Morgan fingerprint density at radius 3 is 2.56 bits per heavy atom. The number of aromatic nitrogens is 2. The standard InChI is InChI=1S/C25H32N4O5/c1-14(2)23(22-9-15(3)27-34-22)25(32)29-12-19(30)10-21(29)24(31)26-11-17-5-7-18(8-6-17)20-13-33-28-16(20)4/h5-9,13-14,19,21,23-24,26,30-31H,10-12H2,1-4H3. The van der Waals surface area contributed by atoms with Gasteiger partial charge in [-0.15, -0.1) is 0 Å².